The Kier molecular flexibility index (Phi) is 3.81. The first-order chi connectivity index (χ1) is 9.19. The number of nitriles is 1. The zero-order chi connectivity index (χ0) is 13.8. The van der Waals surface area contributed by atoms with Gasteiger partial charge in [-0.3, -0.25) is 9.59 Å². The second kappa shape index (κ2) is 5.53. The molecule has 0 radical (unpaired) electrons. The smallest absolute Gasteiger partial charge is 0.305 e. The summed E-state index contributed by atoms with van der Waals surface area (Å²) in [5.74, 6) is -0.454. The summed E-state index contributed by atoms with van der Waals surface area (Å²) in [7, 11) is 1.33. The van der Waals surface area contributed by atoms with E-state index in [0.717, 1.165) is 5.56 Å². The molecule has 5 heteroatoms. The Morgan fingerprint density at radius 2 is 2.21 bits per heavy atom. The second-order valence-corrected chi connectivity index (χ2v) is 4.30. The van der Waals surface area contributed by atoms with E-state index in [1.165, 1.54) is 12.0 Å². The number of esters is 1. The van der Waals surface area contributed by atoms with Crippen molar-refractivity contribution in [3.8, 4) is 6.07 Å². The van der Waals surface area contributed by atoms with Gasteiger partial charge in [0.25, 0.3) is 5.91 Å². The lowest BCUT2D eigenvalue weighted by Gasteiger charge is -2.19. The monoisotopic (exact) mass is 258 g/mol. The normalized spacial score (nSPS) is 16.9. The van der Waals surface area contributed by atoms with Crippen LogP contribution in [0.4, 0.5) is 0 Å². The zero-order valence-electron chi connectivity index (χ0n) is 10.6. The van der Waals surface area contributed by atoms with Crippen LogP contribution in [0.15, 0.2) is 24.3 Å². The molecule has 1 unspecified atom stereocenters. The number of nitrogens with zero attached hydrogens (tertiary/aromatic N) is 2. The van der Waals surface area contributed by atoms with Crippen molar-refractivity contribution >= 4 is 11.9 Å². The summed E-state index contributed by atoms with van der Waals surface area (Å²) >= 11 is 0. The number of hydrogen-bond acceptors (Lipinski definition) is 4. The van der Waals surface area contributed by atoms with Crippen LogP contribution in [0.5, 0.6) is 0 Å². The molecule has 0 spiro atoms. The number of carbonyl (C=O) groups excluding carboxylic acids is 2. The molecule has 0 fully saturated rings. The first-order valence-electron chi connectivity index (χ1n) is 6.05. The number of amides is 1. The van der Waals surface area contributed by atoms with Gasteiger partial charge in [-0.2, -0.15) is 5.26 Å². The van der Waals surface area contributed by atoms with Gasteiger partial charge in [0, 0.05) is 24.1 Å². The van der Waals surface area contributed by atoms with Crippen molar-refractivity contribution in [1.82, 2.24) is 4.90 Å². The predicted octanol–water partition coefficient (Wildman–Crippen LogP) is 1.66. The van der Waals surface area contributed by atoms with E-state index < -0.39 is 6.04 Å². The minimum Gasteiger partial charge on any atom is -0.469 e. The number of hydrogen-bond donors (Lipinski definition) is 0. The van der Waals surface area contributed by atoms with Crippen molar-refractivity contribution in [2.45, 2.75) is 18.9 Å². The molecule has 5 nitrogen and oxygen atoms in total. The molecule has 1 atom stereocenters. The van der Waals surface area contributed by atoms with Crippen molar-refractivity contribution in [2.24, 2.45) is 0 Å². The maximum atomic E-state index is 12.2. The highest BCUT2D eigenvalue weighted by atomic mass is 16.5. The molecular weight excluding hydrogens is 244 g/mol. The molecule has 1 aromatic rings. The van der Waals surface area contributed by atoms with E-state index in [1.807, 2.05) is 6.07 Å². The van der Waals surface area contributed by atoms with Crippen molar-refractivity contribution in [3.05, 3.63) is 35.4 Å². The van der Waals surface area contributed by atoms with Gasteiger partial charge in [-0.1, -0.05) is 18.2 Å². The minimum absolute atomic E-state index is 0.146. The molecule has 1 aromatic carbocycles. The lowest BCUT2D eigenvalue weighted by molar-refractivity contribution is -0.140. The van der Waals surface area contributed by atoms with E-state index in [-0.39, 0.29) is 18.3 Å². The quantitative estimate of drug-likeness (QED) is 0.770. The third-order valence-corrected chi connectivity index (χ3v) is 3.19. The first kappa shape index (κ1) is 13.1. The Morgan fingerprint density at radius 3 is 2.89 bits per heavy atom. The summed E-state index contributed by atoms with van der Waals surface area (Å²) in [6.07, 6.45) is 0.735. The van der Waals surface area contributed by atoms with Crippen LogP contribution in [0.1, 0.15) is 34.8 Å². The van der Waals surface area contributed by atoms with E-state index in [1.54, 1.807) is 18.2 Å². The molecule has 2 rings (SSSR count). The Balaban J connectivity index is 2.09. The number of rotatable bonds is 4. The van der Waals surface area contributed by atoms with Gasteiger partial charge in [0.2, 0.25) is 0 Å². The van der Waals surface area contributed by atoms with Crippen LogP contribution in [-0.4, -0.2) is 30.4 Å². The minimum atomic E-state index is -0.554. The fraction of sp³-hybridized carbons (Fsp3) is 0.357. The van der Waals surface area contributed by atoms with E-state index in [0.29, 0.717) is 18.5 Å². The van der Waals surface area contributed by atoms with Crippen molar-refractivity contribution < 1.29 is 14.3 Å². The highest BCUT2D eigenvalue weighted by Crippen LogP contribution is 2.32. The number of ether oxygens (including phenoxy) is 1. The lowest BCUT2D eigenvalue weighted by Crippen LogP contribution is -2.28. The topological polar surface area (TPSA) is 70.4 Å². The van der Waals surface area contributed by atoms with Gasteiger partial charge < -0.3 is 9.64 Å². The Hall–Kier alpha value is -2.35. The summed E-state index contributed by atoms with van der Waals surface area (Å²) < 4.78 is 4.55. The molecule has 0 bridgehead atoms. The molecule has 19 heavy (non-hydrogen) atoms. The van der Waals surface area contributed by atoms with Crippen LogP contribution in [0.25, 0.3) is 0 Å². The van der Waals surface area contributed by atoms with Crippen molar-refractivity contribution in [1.29, 1.82) is 5.26 Å². The highest BCUT2D eigenvalue weighted by Gasteiger charge is 2.35. The molecule has 0 saturated heterocycles. The molecular formula is C14H14N2O3. The van der Waals surface area contributed by atoms with Crippen molar-refractivity contribution in [2.75, 3.05) is 13.7 Å². The van der Waals surface area contributed by atoms with Crippen LogP contribution in [0.3, 0.4) is 0 Å². The summed E-state index contributed by atoms with van der Waals surface area (Å²) in [4.78, 5) is 24.7. The van der Waals surface area contributed by atoms with E-state index in [2.05, 4.69) is 10.8 Å². The molecule has 0 N–H and O–H groups in total. The van der Waals surface area contributed by atoms with Gasteiger partial charge in [-0.25, -0.2) is 0 Å². The number of methoxy groups -OCH3 is 1. The molecule has 1 heterocycles. The summed E-state index contributed by atoms with van der Waals surface area (Å²) in [6, 6.07) is 8.70. The van der Waals surface area contributed by atoms with Crippen LogP contribution in [-0.2, 0) is 9.53 Å². The molecule has 98 valence electrons. The largest absolute Gasteiger partial charge is 0.469 e. The van der Waals surface area contributed by atoms with E-state index in [4.69, 9.17) is 0 Å². The Labute approximate surface area is 111 Å². The molecule has 1 amide bonds. The average Bonchev–Trinajstić information content (AvgIpc) is 2.72. The first-order valence-corrected chi connectivity index (χ1v) is 6.05. The van der Waals surface area contributed by atoms with Gasteiger partial charge in [-0.15, -0.1) is 0 Å². The SMILES string of the molecule is COC(=O)CCCN1C(=O)c2ccccc2C1C#N. The lowest BCUT2D eigenvalue weighted by atomic mass is 10.1. The predicted molar refractivity (Wildman–Crippen MR) is 67.1 cm³/mol. The number of carbonyl (C=O) groups is 2. The summed E-state index contributed by atoms with van der Waals surface area (Å²) in [6.45, 7) is 0.376. The van der Waals surface area contributed by atoms with Gasteiger partial charge >= 0.3 is 5.97 Å². The third-order valence-electron chi connectivity index (χ3n) is 3.19. The van der Waals surface area contributed by atoms with Gasteiger partial charge in [0.15, 0.2) is 0 Å². The van der Waals surface area contributed by atoms with E-state index in [9.17, 15) is 14.9 Å². The van der Waals surface area contributed by atoms with Crippen LogP contribution < -0.4 is 0 Å². The fourth-order valence-electron chi connectivity index (χ4n) is 2.24. The standard InChI is InChI=1S/C14H14N2O3/c1-19-13(17)7-4-8-16-12(9-15)10-5-2-3-6-11(10)14(16)18/h2-3,5-6,12H,4,7-8H2,1H3. The third kappa shape index (κ3) is 2.43. The van der Waals surface area contributed by atoms with Crippen LogP contribution in [0.2, 0.25) is 0 Å². The molecule has 0 aliphatic carbocycles. The fourth-order valence-corrected chi connectivity index (χ4v) is 2.24. The molecule has 1 aliphatic heterocycles. The maximum Gasteiger partial charge on any atom is 0.305 e. The Morgan fingerprint density at radius 1 is 1.47 bits per heavy atom. The summed E-state index contributed by atoms with van der Waals surface area (Å²) in [5.41, 5.74) is 1.32. The number of benzene rings is 1. The van der Waals surface area contributed by atoms with Crippen molar-refractivity contribution in [3.63, 3.8) is 0 Å². The highest BCUT2D eigenvalue weighted by molar-refractivity contribution is 5.99. The number of fused-ring (bicyclic) bond motifs is 1. The zero-order valence-corrected chi connectivity index (χ0v) is 10.6. The molecule has 0 aromatic heterocycles. The van der Waals surface area contributed by atoms with Gasteiger partial charge in [0.05, 0.1) is 13.2 Å². The molecule has 1 aliphatic rings. The second-order valence-electron chi connectivity index (χ2n) is 4.30. The van der Waals surface area contributed by atoms with Crippen LogP contribution in [0, 0.1) is 11.3 Å². The van der Waals surface area contributed by atoms with E-state index >= 15 is 0 Å². The van der Waals surface area contributed by atoms with Gasteiger partial charge in [0.1, 0.15) is 6.04 Å². The Bertz CT molecular complexity index is 548. The average molecular weight is 258 g/mol. The van der Waals surface area contributed by atoms with Gasteiger partial charge in [-0.05, 0) is 12.5 Å². The summed E-state index contributed by atoms with van der Waals surface area (Å²) in [5, 5.41) is 9.22. The van der Waals surface area contributed by atoms with Crippen LogP contribution >= 0.6 is 0 Å². The maximum absolute atomic E-state index is 12.2. The molecule has 0 saturated carbocycles.